The highest BCUT2D eigenvalue weighted by Gasteiger charge is 2.04. The molecule has 0 saturated carbocycles. The summed E-state index contributed by atoms with van der Waals surface area (Å²) in [6.45, 7) is 3.80. The predicted octanol–water partition coefficient (Wildman–Crippen LogP) is 3.24. The molecule has 0 saturated heterocycles. The van der Waals surface area contributed by atoms with E-state index in [1.165, 1.54) is 30.9 Å². The van der Waals surface area contributed by atoms with Crippen molar-refractivity contribution in [2.45, 2.75) is 39.0 Å². The van der Waals surface area contributed by atoms with Crippen LogP contribution in [0.5, 0.6) is 0 Å². The van der Waals surface area contributed by atoms with Crippen molar-refractivity contribution in [2.24, 2.45) is 4.99 Å². The van der Waals surface area contributed by atoms with Crippen LogP contribution in [0.4, 0.5) is 4.39 Å². The molecular formula is C15H21FN2. The lowest BCUT2D eigenvalue weighted by atomic mass is 10.1. The zero-order chi connectivity index (χ0) is 12.8. The summed E-state index contributed by atoms with van der Waals surface area (Å²) >= 11 is 0. The first kappa shape index (κ1) is 13.1. The number of nitrogens with zero attached hydrogens (tertiary/aromatic N) is 1. The lowest BCUT2D eigenvalue weighted by molar-refractivity contribution is 0.625. The van der Waals surface area contributed by atoms with Crippen LogP contribution in [0.2, 0.25) is 0 Å². The third kappa shape index (κ3) is 3.83. The molecule has 98 valence electrons. The van der Waals surface area contributed by atoms with Crippen LogP contribution in [0.1, 0.15) is 36.8 Å². The Morgan fingerprint density at radius 3 is 3.00 bits per heavy atom. The quantitative estimate of drug-likeness (QED) is 0.872. The summed E-state index contributed by atoms with van der Waals surface area (Å²) in [5.41, 5.74) is 2.23. The molecule has 1 aliphatic heterocycles. The zero-order valence-corrected chi connectivity index (χ0v) is 11.0. The monoisotopic (exact) mass is 248 g/mol. The van der Waals surface area contributed by atoms with Crippen LogP contribution in [-0.2, 0) is 6.42 Å². The Balaban J connectivity index is 1.82. The van der Waals surface area contributed by atoms with Gasteiger partial charge in [-0.15, -0.1) is 0 Å². The summed E-state index contributed by atoms with van der Waals surface area (Å²) in [7, 11) is 0. The summed E-state index contributed by atoms with van der Waals surface area (Å²) in [6, 6.07) is 5.01. The predicted molar refractivity (Wildman–Crippen MR) is 73.6 cm³/mol. The Morgan fingerprint density at radius 1 is 1.28 bits per heavy atom. The average molecular weight is 248 g/mol. The van der Waals surface area contributed by atoms with Gasteiger partial charge in [-0.25, -0.2) is 4.39 Å². The molecule has 18 heavy (non-hydrogen) atoms. The molecule has 0 unspecified atom stereocenters. The second kappa shape index (κ2) is 6.53. The number of amidine groups is 1. The normalized spacial score (nSPS) is 16.0. The third-order valence-electron chi connectivity index (χ3n) is 3.40. The fourth-order valence-electron chi connectivity index (χ4n) is 2.30. The fourth-order valence-corrected chi connectivity index (χ4v) is 2.30. The minimum Gasteiger partial charge on any atom is -0.374 e. The third-order valence-corrected chi connectivity index (χ3v) is 3.40. The van der Waals surface area contributed by atoms with Crippen LogP contribution in [0.15, 0.2) is 23.2 Å². The molecule has 1 aromatic carbocycles. The highest BCUT2D eigenvalue weighted by molar-refractivity contribution is 5.82. The zero-order valence-electron chi connectivity index (χ0n) is 11.0. The van der Waals surface area contributed by atoms with Gasteiger partial charge in [-0.05, 0) is 49.4 Å². The van der Waals surface area contributed by atoms with Gasteiger partial charge in [0.2, 0.25) is 0 Å². The van der Waals surface area contributed by atoms with E-state index in [1.807, 2.05) is 13.0 Å². The molecular weight excluding hydrogens is 227 g/mol. The summed E-state index contributed by atoms with van der Waals surface area (Å²) in [5, 5.41) is 3.41. The molecule has 0 bridgehead atoms. The van der Waals surface area contributed by atoms with Crippen molar-refractivity contribution >= 4 is 5.84 Å². The van der Waals surface area contributed by atoms with Gasteiger partial charge in [0.25, 0.3) is 0 Å². The number of aryl methyl sites for hydroxylation is 1. The van der Waals surface area contributed by atoms with E-state index in [0.717, 1.165) is 37.3 Å². The smallest absolute Gasteiger partial charge is 0.123 e. The van der Waals surface area contributed by atoms with Crippen molar-refractivity contribution in [1.29, 1.82) is 0 Å². The van der Waals surface area contributed by atoms with Crippen molar-refractivity contribution in [2.75, 3.05) is 13.1 Å². The van der Waals surface area contributed by atoms with Gasteiger partial charge in [0.05, 0.1) is 5.84 Å². The standard InChI is InChI=1S/C15H21FN2/c1-12-11-14(16)7-6-13(12)8-10-18-15-5-3-2-4-9-17-15/h6-7,11H,2-5,8-10H2,1H3,(H,17,18). The van der Waals surface area contributed by atoms with E-state index >= 15 is 0 Å². The fraction of sp³-hybridized carbons (Fsp3) is 0.533. The second-order valence-electron chi connectivity index (χ2n) is 4.89. The first-order chi connectivity index (χ1) is 8.75. The van der Waals surface area contributed by atoms with Gasteiger partial charge in [0.15, 0.2) is 0 Å². The Morgan fingerprint density at radius 2 is 2.17 bits per heavy atom. The molecule has 0 fully saturated rings. The maximum Gasteiger partial charge on any atom is 0.123 e. The van der Waals surface area contributed by atoms with Gasteiger partial charge in [0, 0.05) is 19.5 Å². The molecule has 0 aromatic heterocycles. The minimum absolute atomic E-state index is 0.155. The van der Waals surface area contributed by atoms with Crippen LogP contribution in [0.3, 0.4) is 0 Å². The molecule has 0 radical (unpaired) electrons. The maximum absolute atomic E-state index is 13.0. The van der Waals surface area contributed by atoms with Gasteiger partial charge in [-0.1, -0.05) is 12.5 Å². The van der Waals surface area contributed by atoms with Gasteiger partial charge < -0.3 is 5.32 Å². The summed E-state index contributed by atoms with van der Waals surface area (Å²) in [4.78, 5) is 4.54. The highest BCUT2D eigenvalue weighted by Crippen LogP contribution is 2.11. The molecule has 0 spiro atoms. The van der Waals surface area contributed by atoms with Gasteiger partial charge >= 0.3 is 0 Å². The Hall–Kier alpha value is -1.38. The molecule has 1 heterocycles. The van der Waals surface area contributed by atoms with Gasteiger partial charge in [-0.3, -0.25) is 4.99 Å². The van der Waals surface area contributed by atoms with Crippen molar-refractivity contribution < 1.29 is 4.39 Å². The van der Waals surface area contributed by atoms with E-state index in [9.17, 15) is 4.39 Å². The lowest BCUT2D eigenvalue weighted by Gasteiger charge is -2.10. The van der Waals surface area contributed by atoms with Crippen LogP contribution < -0.4 is 5.32 Å². The molecule has 1 N–H and O–H groups in total. The summed E-state index contributed by atoms with van der Waals surface area (Å²) in [5.74, 6) is 0.990. The van der Waals surface area contributed by atoms with E-state index in [-0.39, 0.29) is 5.82 Å². The topological polar surface area (TPSA) is 24.4 Å². The number of hydrogen-bond acceptors (Lipinski definition) is 2. The summed E-state index contributed by atoms with van der Waals surface area (Å²) < 4.78 is 13.0. The van der Waals surface area contributed by atoms with Crippen LogP contribution in [-0.4, -0.2) is 18.9 Å². The Bertz CT molecular complexity index is 427. The van der Waals surface area contributed by atoms with Gasteiger partial charge in [-0.2, -0.15) is 0 Å². The van der Waals surface area contributed by atoms with Crippen LogP contribution in [0, 0.1) is 12.7 Å². The SMILES string of the molecule is Cc1cc(F)ccc1CCNC1=NCCCCC1. The van der Waals surface area contributed by atoms with E-state index in [1.54, 1.807) is 6.07 Å². The number of aliphatic imine (C=N–C) groups is 1. The van der Waals surface area contributed by atoms with Crippen molar-refractivity contribution in [3.63, 3.8) is 0 Å². The largest absolute Gasteiger partial charge is 0.374 e. The first-order valence-electron chi connectivity index (χ1n) is 6.78. The number of rotatable bonds is 3. The highest BCUT2D eigenvalue weighted by atomic mass is 19.1. The van der Waals surface area contributed by atoms with E-state index in [2.05, 4.69) is 10.3 Å². The molecule has 3 heteroatoms. The first-order valence-corrected chi connectivity index (χ1v) is 6.78. The molecule has 1 aromatic rings. The second-order valence-corrected chi connectivity index (χ2v) is 4.89. The average Bonchev–Trinajstić information content (AvgIpc) is 2.60. The maximum atomic E-state index is 13.0. The molecule has 2 rings (SSSR count). The molecule has 0 aliphatic carbocycles. The Kier molecular flexibility index (Phi) is 4.73. The summed E-state index contributed by atoms with van der Waals surface area (Å²) in [6.07, 6.45) is 5.73. The van der Waals surface area contributed by atoms with Gasteiger partial charge in [0.1, 0.15) is 5.82 Å². The minimum atomic E-state index is -0.155. The Labute approximate surface area is 108 Å². The van der Waals surface area contributed by atoms with Crippen molar-refractivity contribution in [1.82, 2.24) is 5.32 Å². The molecule has 0 atom stereocenters. The van der Waals surface area contributed by atoms with Crippen LogP contribution in [0.25, 0.3) is 0 Å². The van der Waals surface area contributed by atoms with Crippen molar-refractivity contribution in [3.8, 4) is 0 Å². The number of halogens is 1. The van der Waals surface area contributed by atoms with E-state index in [4.69, 9.17) is 0 Å². The molecule has 1 aliphatic rings. The van der Waals surface area contributed by atoms with Crippen LogP contribution >= 0.6 is 0 Å². The number of hydrogen-bond donors (Lipinski definition) is 1. The van der Waals surface area contributed by atoms with E-state index in [0.29, 0.717) is 0 Å². The van der Waals surface area contributed by atoms with E-state index < -0.39 is 0 Å². The number of nitrogens with one attached hydrogen (secondary N) is 1. The molecule has 0 amide bonds. The lowest BCUT2D eigenvalue weighted by Crippen LogP contribution is -2.25. The number of benzene rings is 1. The molecule has 2 nitrogen and oxygen atoms in total. The van der Waals surface area contributed by atoms with Crippen molar-refractivity contribution in [3.05, 3.63) is 35.1 Å².